The van der Waals surface area contributed by atoms with Gasteiger partial charge in [0.2, 0.25) is 0 Å². The van der Waals surface area contributed by atoms with Gasteiger partial charge in [-0.15, -0.1) is 0 Å². The molecule has 0 aromatic carbocycles. The molecule has 0 radical (unpaired) electrons. The molecule has 19 heavy (non-hydrogen) atoms. The Labute approximate surface area is 114 Å². The van der Waals surface area contributed by atoms with Crippen molar-refractivity contribution in [2.75, 3.05) is 20.1 Å². The van der Waals surface area contributed by atoms with Crippen LogP contribution in [-0.4, -0.2) is 36.8 Å². The molecule has 0 spiro atoms. The molecule has 0 heterocycles. The molecule has 1 saturated carbocycles. The molecule has 1 aliphatic carbocycles. The van der Waals surface area contributed by atoms with Crippen molar-refractivity contribution in [1.82, 2.24) is 4.90 Å². The minimum atomic E-state index is -4.05. The summed E-state index contributed by atoms with van der Waals surface area (Å²) in [6.07, 6.45) is 0.952. The summed E-state index contributed by atoms with van der Waals surface area (Å²) in [6, 6.07) is 0. The number of hydrogen-bond donors (Lipinski definition) is 1. The van der Waals surface area contributed by atoms with E-state index in [0.717, 1.165) is 31.6 Å². The zero-order valence-corrected chi connectivity index (χ0v) is 12.1. The Balaban J connectivity index is 2.45. The van der Waals surface area contributed by atoms with Crippen LogP contribution in [0.15, 0.2) is 0 Å². The van der Waals surface area contributed by atoms with Gasteiger partial charge in [0.25, 0.3) is 0 Å². The van der Waals surface area contributed by atoms with E-state index in [1.807, 2.05) is 7.05 Å². The van der Waals surface area contributed by atoms with E-state index in [1.165, 1.54) is 6.42 Å². The molecule has 1 rings (SSSR count). The predicted molar refractivity (Wildman–Crippen MR) is 72.0 cm³/mol. The maximum absolute atomic E-state index is 12.2. The van der Waals surface area contributed by atoms with Crippen molar-refractivity contribution in [2.24, 2.45) is 11.7 Å². The van der Waals surface area contributed by atoms with E-state index in [4.69, 9.17) is 5.73 Å². The highest BCUT2D eigenvalue weighted by atomic mass is 19.4. The molecule has 5 heteroatoms. The molecule has 1 fully saturated rings. The lowest BCUT2D eigenvalue weighted by atomic mass is 9.74. The first-order valence-corrected chi connectivity index (χ1v) is 7.31. The molecule has 0 aromatic heterocycles. The van der Waals surface area contributed by atoms with E-state index in [1.54, 1.807) is 0 Å². The lowest BCUT2D eigenvalue weighted by Gasteiger charge is -2.46. The van der Waals surface area contributed by atoms with Gasteiger partial charge >= 0.3 is 6.18 Å². The number of likely N-dealkylation sites (N-methyl/N-ethyl adjacent to an activating group) is 1. The molecular weight excluding hydrogens is 253 g/mol. The number of halogens is 3. The van der Waals surface area contributed by atoms with Crippen LogP contribution in [0.4, 0.5) is 13.2 Å². The fourth-order valence-electron chi connectivity index (χ4n) is 3.12. The smallest absolute Gasteiger partial charge is 0.329 e. The maximum Gasteiger partial charge on any atom is 0.389 e. The fraction of sp³-hybridized carbons (Fsp3) is 1.00. The van der Waals surface area contributed by atoms with Crippen LogP contribution in [0.25, 0.3) is 0 Å². The number of hydrogen-bond acceptors (Lipinski definition) is 2. The van der Waals surface area contributed by atoms with E-state index in [2.05, 4.69) is 11.8 Å². The van der Waals surface area contributed by atoms with Crippen LogP contribution in [0.1, 0.15) is 51.9 Å². The van der Waals surface area contributed by atoms with Gasteiger partial charge in [-0.05, 0) is 51.6 Å². The van der Waals surface area contributed by atoms with Gasteiger partial charge in [0.05, 0.1) is 0 Å². The fourth-order valence-corrected chi connectivity index (χ4v) is 3.12. The van der Waals surface area contributed by atoms with E-state index >= 15 is 0 Å². The van der Waals surface area contributed by atoms with Crippen molar-refractivity contribution in [1.29, 1.82) is 0 Å². The zero-order valence-electron chi connectivity index (χ0n) is 12.1. The molecule has 0 atom stereocenters. The van der Waals surface area contributed by atoms with Crippen LogP contribution >= 0.6 is 0 Å². The second-order valence-corrected chi connectivity index (χ2v) is 5.92. The summed E-state index contributed by atoms with van der Waals surface area (Å²) < 4.78 is 36.5. The average molecular weight is 280 g/mol. The molecular formula is C14H27F3N2. The normalized spacial score (nSPS) is 28.9. The lowest BCUT2D eigenvalue weighted by molar-refractivity contribution is -0.136. The summed E-state index contributed by atoms with van der Waals surface area (Å²) in [5, 5.41) is 0. The Morgan fingerprint density at radius 1 is 1.26 bits per heavy atom. The maximum atomic E-state index is 12.2. The first-order valence-electron chi connectivity index (χ1n) is 7.31. The van der Waals surface area contributed by atoms with Crippen LogP contribution in [-0.2, 0) is 0 Å². The Morgan fingerprint density at radius 2 is 1.84 bits per heavy atom. The first-order chi connectivity index (χ1) is 8.83. The second kappa shape index (κ2) is 6.93. The minimum Gasteiger partial charge on any atom is -0.329 e. The number of nitrogens with two attached hydrogens (primary N) is 1. The average Bonchev–Trinajstić information content (AvgIpc) is 2.37. The van der Waals surface area contributed by atoms with E-state index in [0.29, 0.717) is 13.1 Å². The van der Waals surface area contributed by atoms with Crippen molar-refractivity contribution in [3.63, 3.8) is 0 Å². The van der Waals surface area contributed by atoms with Gasteiger partial charge in [0.1, 0.15) is 0 Å². The van der Waals surface area contributed by atoms with E-state index < -0.39 is 12.6 Å². The van der Waals surface area contributed by atoms with Crippen molar-refractivity contribution < 1.29 is 13.2 Å². The minimum absolute atomic E-state index is 0.0722. The van der Waals surface area contributed by atoms with E-state index in [-0.39, 0.29) is 12.0 Å². The van der Waals surface area contributed by atoms with Crippen LogP contribution in [0, 0.1) is 5.92 Å². The Bertz CT molecular complexity index is 258. The van der Waals surface area contributed by atoms with Crippen LogP contribution in [0.2, 0.25) is 0 Å². The summed E-state index contributed by atoms with van der Waals surface area (Å²) in [5.74, 6) is 0.767. The van der Waals surface area contributed by atoms with Gasteiger partial charge in [-0.1, -0.05) is 13.3 Å². The number of nitrogens with zero attached hydrogens (tertiary/aromatic N) is 1. The molecule has 0 aromatic rings. The largest absolute Gasteiger partial charge is 0.389 e. The highest BCUT2D eigenvalue weighted by Crippen LogP contribution is 2.37. The summed E-state index contributed by atoms with van der Waals surface area (Å²) in [4.78, 5) is 2.07. The zero-order chi connectivity index (χ0) is 14.5. The highest BCUT2D eigenvalue weighted by molar-refractivity contribution is 4.94. The Kier molecular flexibility index (Phi) is 6.12. The second-order valence-electron chi connectivity index (χ2n) is 5.92. The van der Waals surface area contributed by atoms with Gasteiger partial charge in [0, 0.05) is 18.5 Å². The third-order valence-electron chi connectivity index (χ3n) is 4.76. The molecule has 1 aliphatic rings. The summed E-state index contributed by atoms with van der Waals surface area (Å²) in [6.45, 7) is 3.23. The summed E-state index contributed by atoms with van der Waals surface area (Å²) >= 11 is 0. The summed E-state index contributed by atoms with van der Waals surface area (Å²) in [5.41, 5.74) is 5.85. The quantitative estimate of drug-likeness (QED) is 0.806. The van der Waals surface area contributed by atoms with Crippen LogP contribution < -0.4 is 5.73 Å². The Morgan fingerprint density at radius 3 is 2.26 bits per heavy atom. The standard InChI is InChI=1S/C14H27F3N2/c1-3-12-5-8-13(11-18,9-6-12)19(2)10-4-7-14(15,16)17/h12H,3-11,18H2,1-2H3. The highest BCUT2D eigenvalue weighted by Gasteiger charge is 2.37. The number of alkyl halides is 3. The Hall–Kier alpha value is -0.290. The van der Waals surface area contributed by atoms with Gasteiger partial charge in [0.15, 0.2) is 0 Å². The van der Waals surface area contributed by atoms with Crippen molar-refractivity contribution in [3.05, 3.63) is 0 Å². The lowest BCUT2D eigenvalue weighted by Crippen LogP contribution is -2.54. The summed E-state index contributed by atoms with van der Waals surface area (Å²) in [7, 11) is 1.93. The topological polar surface area (TPSA) is 29.3 Å². The monoisotopic (exact) mass is 280 g/mol. The van der Waals surface area contributed by atoms with E-state index in [9.17, 15) is 13.2 Å². The van der Waals surface area contributed by atoms with Crippen molar-refractivity contribution in [3.8, 4) is 0 Å². The molecule has 114 valence electrons. The molecule has 0 bridgehead atoms. The first kappa shape index (κ1) is 16.8. The SMILES string of the molecule is CCC1CCC(CN)(N(C)CCCC(F)(F)F)CC1. The van der Waals surface area contributed by atoms with Crippen molar-refractivity contribution >= 4 is 0 Å². The van der Waals surface area contributed by atoms with Gasteiger partial charge in [-0.3, -0.25) is 4.90 Å². The molecule has 0 unspecified atom stereocenters. The van der Waals surface area contributed by atoms with Crippen LogP contribution in [0.3, 0.4) is 0 Å². The van der Waals surface area contributed by atoms with Gasteiger partial charge in [-0.25, -0.2) is 0 Å². The van der Waals surface area contributed by atoms with Gasteiger partial charge < -0.3 is 5.73 Å². The molecule has 2 nitrogen and oxygen atoms in total. The molecule has 0 aliphatic heterocycles. The molecule has 2 N–H and O–H groups in total. The van der Waals surface area contributed by atoms with Gasteiger partial charge in [-0.2, -0.15) is 13.2 Å². The molecule has 0 saturated heterocycles. The predicted octanol–water partition coefficient (Wildman–Crippen LogP) is 3.56. The third-order valence-corrected chi connectivity index (χ3v) is 4.76. The third kappa shape index (κ3) is 4.95. The van der Waals surface area contributed by atoms with Crippen molar-refractivity contribution in [2.45, 2.75) is 63.6 Å². The van der Waals surface area contributed by atoms with Crippen LogP contribution in [0.5, 0.6) is 0 Å². The molecule has 0 amide bonds. The number of rotatable bonds is 6.